The van der Waals surface area contributed by atoms with Crippen LogP contribution in [0.3, 0.4) is 0 Å². The van der Waals surface area contributed by atoms with Crippen molar-refractivity contribution in [2.24, 2.45) is 0 Å². The second kappa shape index (κ2) is 7.89. The van der Waals surface area contributed by atoms with Crippen LogP contribution in [0.15, 0.2) is 40.9 Å². The van der Waals surface area contributed by atoms with E-state index in [1.165, 1.54) is 18.4 Å². The molecule has 1 aromatic heterocycles. The van der Waals surface area contributed by atoms with Gasteiger partial charge in [-0.2, -0.15) is 10.2 Å². The van der Waals surface area contributed by atoms with Crippen LogP contribution in [0.1, 0.15) is 29.2 Å². The second-order valence-electron chi connectivity index (χ2n) is 7.32. The summed E-state index contributed by atoms with van der Waals surface area (Å²) in [5.41, 5.74) is 3.79. The zero-order chi connectivity index (χ0) is 21.3. The predicted molar refractivity (Wildman–Crippen MR) is 110 cm³/mol. The van der Waals surface area contributed by atoms with Gasteiger partial charge >= 0.3 is 0 Å². The Bertz CT molecular complexity index is 1240. The molecule has 2 aromatic carbocycles. The summed E-state index contributed by atoms with van der Waals surface area (Å²) in [5, 5.41) is 26.2. The highest BCUT2D eigenvalue weighted by molar-refractivity contribution is 7.90. The van der Waals surface area contributed by atoms with Crippen molar-refractivity contribution >= 4 is 9.84 Å². The third kappa shape index (κ3) is 4.06. The van der Waals surface area contributed by atoms with Crippen LogP contribution in [0.4, 0.5) is 0 Å². The highest BCUT2D eigenvalue weighted by Gasteiger charge is 2.26. The first kappa shape index (κ1) is 20.1. The Hall–Kier alpha value is -3.22. The summed E-state index contributed by atoms with van der Waals surface area (Å²) in [5.74, 6) is 0.714. The number of benzene rings is 2. The van der Waals surface area contributed by atoms with Crippen LogP contribution in [-0.2, 0) is 16.3 Å². The third-order valence-corrected chi connectivity index (χ3v) is 6.11. The molecular weight excluding hydrogens is 404 g/mol. The summed E-state index contributed by atoms with van der Waals surface area (Å²) < 4.78 is 28.1. The lowest BCUT2D eigenvalue weighted by Gasteiger charge is -2.14. The van der Waals surface area contributed by atoms with E-state index in [9.17, 15) is 13.5 Å². The summed E-state index contributed by atoms with van der Waals surface area (Å²) in [6.07, 6.45) is 2.92. The third-order valence-electron chi connectivity index (χ3n) is 5.17. The number of phenols is 1. The fraction of sp³-hybridized carbons (Fsp3) is 0.286. The summed E-state index contributed by atoms with van der Waals surface area (Å²) in [7, 11) is -3.01. The van der Waals surface area contributed by atoms with E-state index in [0.717, 1.165) is 29.5 Å². The molecule has 0 fully saturated rings. The molecular formula is C21H20N4O4S. The van der Waals surface area contributed by atoms with Crippen LogP contribution in [0.5, 0.6) is 5.75 Å². The minimum absolute atomic E-state index is 0.0864. The highest BCUT2D eigenvalue weighted by atomic mass is 32.2. The van der Waals surface area contributed by atoms with Gasteiger partial charge in [-0.1, -0.05) is 23.4 Å². The average Bonchev–Trinajstić information content (AvgIpc) is 3.35. The van der Waals surface area contributed by atoms with Crippen molar-refractivity contribution in [3.63, 3.8) is 0 Å². The van der Waals surface area contributed by atoms with E-state index in [1.54, 1.807) is 6.07 Å². The fourth-order valence-electron chi connectivity index (χ4n) is 3.70. The second-order valence-corrected chi connectivity index (χ2v) is 9.58. The van der Waals surface area contributed by atoms with Gasteiger partial charge in [0.25, 0.3) is 5.89 Å². The normalized spacial score (nSPS) is 15.7. The van der Waals surface area contributed by atoms with Crippen LogP contribution in [-0.4, -0.2) is 42.2 Å². The Balaban J connectivity index is 1.59. The van der Waals surface area contributed by atoms with E-state index in [2.05, 4.69) is 15.5 Å². The van der Waals surface area contributed by atoms with Gasteiger partial charge in [0.1, 0.15) is 21.7 Å². The Labute approximate surface area is 174 Å². The van der Waals surface area contributed by atoms with Crippen LogP contribution >= 0.6 is 0 Å². The van der Waals surface area contributed by atoms with Gasteiger partial charge in [-0.15, -0.1) is 0 Å². The number of hydrogen-bond donors (Lipinski definition) is 2. The van der Waals surface area contributed by atoms with E-state index in [-0.39, 0.29) is 29.0 Å². The molecule has 4 rings (SSSR count). The van der Waals surface area contributed by atoms with Crippen molar-refractivity contribution in [1.29, 1.82) is 5.26 Å². The zero-order valence-corrected chi connectivity index (χ0v) is 17.1. The van der Waals surface area contributed by atoms with Crippen molar-refractivity contribution in [2.75, 3.05) is 18.6 Å². The van der Waals surface area contributed by atoms with E-state index >= 15 is 0 Å². The molecule has 8 nitrogen and oxygen atoms in total. The standard InChI is InChI=1S/C21H20N4O4S/c1-30(27,28)10-9-23-18-7-6-15-16(18)3-2-4-17(15)20-24-21(29-25-20)13-5-8-19(26)14(11-13)12-22/h2-5,8,11,18,23,26H,6-7,9-10H2,1H3/t18-/m0/s1. The zero-order valence-electron chi connectivity index (χ0n) is 16.3. The van der Waals surface area contributed by atoms with Crippen LogP contribution in [0.25, 0.3) is 22.8 Å². The Morgan fingerprint density at radius 3 is 2.93 bits per heavy atom. The number of sulfone groups is 1. The molecule has 1 heterocycles. The summed E-state index contributed by atoms with van der Waals surface area (Å²) in [6.45, 7) is 0.404. The van der Waals surface area contributed by atoms with Gasteiger partial charge in [0, 0.05) is 30.0 Å². The predicted octanol–water partition coefficient (Wildman–Crippen LogP) is 2.60. The first-order valence-electron chi connectivity index (χ1n) is 9.46. The van der Waals surface area contributed by atoms with Gasteiger partial charge in [-0.25, -0.2) is 8.42 Å². The number of nitriles is 1. The smallest absolute Gasteiger partial charge is 0.258 e. The first-order valence-corrected chi connectivity index (χ1v) is 11.5. The van der Waals surface area contributed by atoms with E-state index in [0.29, 0.717) is 17.9 Å². The molecule has 1 aliphatic rings. The number of hydrogen-bond acceptors (Lipinski definition) is 8. The topological polar surface area (TPSA) is 129 Å². The number of aromatic nitrogens is 2. The number of aromatic hydroxyl groups is 1. The molecule has 0 unspecified atom stereocenters. The van der Waals surface area contributed by atoms with Gasteiger partial charge < -0.3 is 14.9 Å². The molecule has 9 heteroatoms. The lowest BCUT2D eigenvalue weighted by Crippen LogP contribution is -2.25. The van der Waals surface area contributed by atoms with Crippen molar-refractivity contribution < 1.29 is 18.0 Å². The van der Waals surface area contributed by atoms with Crippen LogP contribution in [0.2, 0.25) is 0 Å². The molecule has 0 radical (unpaired) electrons. The van der Waals surface area contributed by atoms with Crippen molar-refractivity contribution in [3.8, 4) is 34.7 Å². The summed E-state index contributed by atoms with van der Waals surface area (Å²) in [6, 6.07) is 12.4. The van der Waals surface area contributed by atoms with Gasteiger partial charge in [0.05, 0.1) is 11.3 Å². The molecule has 1 aliphatic carbocycles. The molecule has 30 heavy (non-hydrogen) atoms. The minimum Gasteiger partial charge on any atom is -0.507 e. The molecule has 0 amide bonds. The fourth-order valence-corrected chi connectivity index (χ4v) is 4.19. The number of phenolic OH excluding ortho intramolecular Hbond substituents is 1. The maximum atomic E-state index is 11.4. The van der Waals surface area contributed by atoms with Crippen molar-refractivity contribution in [1.82, 2.24) is 15.5 Å². The molecule has 2 N–H and O–H groups in total. The van der Waals surface area contributed by atoms with Gasteiger partial charge in [-0.3, -0.25) is 0 Å². The molecule has 0 spiro atoms. The summed E-state index contributed by atoms with van der Waals surface area (Å²) >= 11 is 0. The van der Waals surface area contributed by atoms with Crippen LogP contribution < -0.4 is 5.32 Å². The van der Waals surface area contributed by atoms with E-state index in [4.69, 9.17) is 9.78 Å². The van der Waals surface area contributed by atoms with E-state index in [1.807, 2.05) is 24.3 Å². The molecule has 154 valence electrons. The highest BCUT2D eigenvalue weighted by Crippen LogP contribution is 2.37. The summed E-state index contributed by atoms with van der Waals surface area (Å²) in [4.78, 5) is 4.48. The Morgan fingerprint density at radius 2 is 2.17 bits per heavy atom. The average molecular weight is 424 g/mol. The SMILES string of the molecule is CS(=O)(=O)CCN[C@H]1CCc2c(-c3noc(-c4ccc(O)c(C#N)c4)n3)cccc21. The molecule has 3 aromatic rings. The monoisotopic (exact) mass is 424 g/mol. The molecule has 0 bridgehead atoms. The van der Waals surface area contributed by atoms with Crippen molar-refractivity contribution in [2.45, 2.75) is 18.9 Å². The lowest BCUT2D eigenvalue weighted by atomic mass is 10.0. The van der Waals surface area contributed by atoms with Crippen molar-refractivity contribution in [3.05, 3.63) is 53.1 Å². The van der Waals surface area contributed by atoms with E-state index < -0.39 is 9.84 Å². The molecule has 1 atom stereocenters. The quantitative estimate of drug-likeness (QED) is 0.618. The largest absolute Gasteiger partial charge is 0.507 e. The Morgan fingerprint density at radius 1 is 1.33 bits per heavy atom. The van der Waals surface area contributed by atoms with Gasteiger partial charge in [0.2, 0.25) is 5.82 Å². The number of fused-ring (bicyclic) bond motifs is 1. The molecule has 0 aliphatic heterocycles. The van der Waals surface area contributed by atoms with Crippen LogP contribution in [0, 0.1) is 11.3 Å². The Kier molecular flexibility index (Phi) is 5.28. The maximum absolute atomic E-state index is 11.4. The molecule has 0 saturated carbocycles. The molecule has 0 saturated heterocycles. The lowest BCUT2D eigenvalue weighted by molar-refractivity contribution is 0.432. The minimum atomic E-state index is -3.01. The maximum Gasteiger partial charge on any atom is 0.258 e. The van der Waals surface area contributed by atoms with Gasteiger partial charge in [0.15, 0.2) is 0 Å². The van der Waals surface area contributed by atoms with Gasteiger partial charge in [-0.05, 0) is 42.2 Å². The number of nitrogens with zero attached hydrogens (tertiary/aromatic N) is 3. The number of nitrogens with one attached hydrogen (secondary N) is 1. The first-order chi connectivity index (χ1) is 14.4. The number of rotatable bonds is 6.